The first-order chi connectivity index (χ1) is 11.5. The highest BCUT2D eigenvalue weighted by atomic mass is 19.1. The first kappa shape index (κ1) is 15.3. The van der Waals surface area contributed by atoms with Crippen LogP contribution >= 0.6 is 0 Å². The molecule has 2 saturated heterocycles. The van der Waals surface area contributed by atoms with E-state index in [2.05, 4.69) is 4.98 Å². The summed E-state index contributed by atoms with van der Waals surface area (Å²) >= 11 is 0. The van der Waals surface area contributed by atoms with E-state index in [-0.39, 0.29) is 35.0 Å². The Bertz CT molecular complexity index is 881. The molecule has 2 aliphatic heterocycles. The first-order valence-electron chi connectivity index (χ1n) is 7.83. The van der Waals surface area contributed by atoms with E-state index in [9.17, 15) is 19.1 Å². The van der Waals surface area contributed by atoms with Crippen LogP contribution in [0.4, 0.5) is 4.39 Å². The minimum Gasteiger partial charge on any atom is -0.396 e. The molecule has 2 N–H and O–H groups in total. The topological polar surface area (TPSA) is 82.6 Å². The molecule has 24 heavy (non-hydrogen) atoms. The van der Waals surface area contributed by atoms with Gasteiger partial charge in [0.2, 0.25) is 0 Å². The molecular formula is C17H17FN2O4. The average molecular weight is 332 g/mol. The van der Waals surface area contributed by atoms with Crippen LogP contribution in [0.3, 0.4) is 0 Å². The lowest BCUT2D eigenvalue weighted by molar-refractivity contribution is 0.0627. The number of aromatic amines is 1. The summed E-state index contributed by atoms with van der Waals surface area (Å²) in [7, 11) is 0. The number of nitrogens with zero attached hydrogens (tertiary/aromatic N) is 1. The number of hydrogen-bond acceptors (Lipinski definition) is 4. The lowest BCUT2D eigenvalue weighted by Crippen LogP contribution is -2.36. The summed E-state index contributed by atoms with van der Waals surface area (Å²) in [5.41, 5.74) is -0.733. The van der Waals surface area contributed by atoms with Gasteiger partial charge in [0, 0.05) is 35.9 Å². The molecule has 6 nitrogen and oxygen atoms in total. The number of carbonyl (C=O) groups excluding carboxylic acids is 1. The Kier molecular flexibility index (Phi) is 3.43. The summed E-state index contributed by atoms with van der Waals surface area (Å²) < 4.78 is 19.4. The van der Waals surface area contributed by atoms with Gasteiger partial charge in [-0.05, 0) is 12.1 Å². The standard InChI is InChI=1S/C17H17FN2O4/c18-12-3-1-2-11-14(22)4-13(19-15(11)12)16(23)20-5-10-6-24-9-17(10,7-20)8-21/h1-4,10,21H,5-9H2,(H,19,22)/t10-,17-/m0/s1. The van der Waals surface area contributed by atoms with Gasteiger partial charge in [0.1, 0.15) is 11.5 Å². The van der Waals surface area contributed by atoms with Crippen molar-refractivity contribution in [2.24, 2.45) is 11.3 Å². The number of aromatic nitrogens is 1. The third kappa shape index (κ3) is 2.16. The van der Waals surface area contributed by atoms with Crippen LogP contribution in [0.1, 0.15) is 10.5 Å². The van der Waals surface area contributed by atoms with Gasteiger partial charge in [-0.2, -0.15) is 0 Å². The van der Waals surface area contributed by atoms with E-state index < -0.39 is 16.7 Å². The van der Waals surface area contributed by atoms with Gasteiger partial charge in [-0.25, -0.2) is 4.39 Å². The first-order valence-corrected chi connectivity index (χ1v) is 7.83. The molecule has 0 bridgehead atoms. The van der Waals surface area contributed by atoms with Gasteiger partial charge >= 0.3 is 0 Å². The number of amides is 1. The van der Waals surface area contributed by atoms with Gasteiger partial charge in [0.05, 0.1) is 25.3 Å². The molecule has 1 aromatic carbocycles. The van der Waals surface area contributed by atoms with Crippen LogP contribution in [0.5, 0.6) is 0 Å². The van der Waals surface area contributed by atoms with Crippen LogP contribution < -0.4 is 5.43 Å². The molecule has 2 aromatic rings. The number of ether oxygens (including phenoxy) is 1. The van der Waals surface area contributed by atoms with Crippen molar-refractivity contribution < 1.29 is 19.0 Å². The van der Waals surface area contributed by atoms with Crippen LogP contribution in [0.15, 0.2) is 29.1 Å². The van der Waals surface area contributed by atoms with Crippen molar-refractivity contribution >= 4 is 16.8 Å². The number of aliphatic hydroxyl groups is 1. The maximum absolute atomic E-state index is 13.9. The molecule has 2 fully saturated rings. The lowest BCUT2D eigenvalue weighted by Gasteiger charge is -2.24. The van der Waals surface area contributed by atoms with Crippen LogP contribution in [0, 0.1) is 17.2 Å². The highest BCUT2D eigenvalue weighted by Crippen LogP contribution is 2.41. The summed E-state index contributed by atoms with van der Waals surface area (Å²) in [6.45, 7) is 1.69. The number of para-hydroxylation sites is 1. The van der Waals surface area contributed by atoms with Crippen molar-refractivity contribution in [2.75, 3.05) is 32.9 Å². The Morgan fingerprint density at radius 2 is 2.33 bits per heavy atom. The molecule has 0 saturated carbocycles. The summed E-state index contributed by atoms with van der Waals surface area (Å²) in [6, 6.07) is 5.43. The summed E-state index contributed by atoms with van der Waals surface area (Å²) in [5, 5.41) is 9.91. The van der Waals surface area contributed by atoms with Gasteiger partial charge in [0.25, 0.3) is 5.91 Å². The summed E-state index contributed by atoms with van der Waals surface area (Å²) in [6.07, 6.45) is 0. The minimum atomic E-state index is -0.572. The van der Waals surface area contributed by atoms with E-state index >= 15 is 0 Å². The summed E-state index contributed by atoms with van der Waals surface area (Å²) in [4.78, 5) is 29.3. The van der Waals surface area contributed by atoms with Crippen LogP contribution in [0.2, 0.25) is 0 Å². The van der Waals surface area contributed by atoms with E-state index in [0.717, 1.165) is 0 Å². The number of carbonyl (C=O) groups is 1. The van der Waals surface area contributed by atoms with Crippen molar-refractivity contribution in [2.45, 2.75) is 0 Å². The normalized spacial score (nSPS) is 26.1. The quantitative estimate of drug-likeness (QED) is 0.850. The number of H-pyrrole nitrogens is 1. The summed E-state index contributed by atoms with van der Waals surface area (Å²) in [5.74, 6) is -0.854. The maximum atomic E-state index is 13.9. The highest BCUT2D eigenvalue weighted by molar-refractivity contribution is 5.95. The van der Waals surface area contributed by atoms with E-state index in [1.807, 2.05) is 0 Å². The van der Waals surface area contributed by atoms with Crippen LogP contribution in [-0.4, -0.2) is 53.8 Å². The fraction of sp³-hybridized carbons (Fsp3) is 0.412. The van der Waals surface area contributed by atoms with E-state index in [0.29, 0.717) is 26.3 Å². The molecule has 0 aliphatic carbocycles. The molecule has 3 heterocycles. The molecule has 4 rings (SSSR count). The van der Waals surface area contributed by atoms with E-state index in [4.69, 9.17) is 4.74 Å². The molecule has 1 amide bonds. The second-order valence-electron chi connectivity index (χ2n) is 6.63. The maximum Gasteiger partial charge on any atom is 0.270 e. The second kappa shape index (κ2) is 5.39. The number of nitrogens with one attached hydrogen (secondary N) is 1. The van der Waals surface area contributed by atoms with Crippen molar-refractivity contribution in [3.05, 3.63) is 46.0 Å². The van der Waals surface area contributed by atoms with Crippen molar-refractivity contribution in [1.29, 1.82) is 0 Å². The molecule has 0 spiro atoms. The van der Waals surface area contributed by atoms with Crippen LogP contribution in [-0.2, 0) is 4.74 Å². The van der Waals surface area contributed by atoms with Crippen molar-refractivity contribution in [3.63, 3.8) is 0 Å². The Balaban J connectivity index is 1.70. The average Bonchev–Trinajstić information content (AvgIpc) is 3.12. The Hall–Kier alpha value is -2.25. The van der Waals surface area contributed by atoms with Crippen molar-refractivity contribution in [1.82, 2.24) is 9.88 Å². The number of rotatable bonds is 2. The minimum absolute atomic E-state index is 0.0351. The molecule has 2 atom stereocenters. The Morgan fingerprint density at radius 1 is 1.50 bits per heavy atom. The second-order valence-corrected chi connectivity index (χ2v) is 6.63. The third-order valence-electron chi connectivity index (χ3n) is 5.17. The fourth-order valence-corrected chi connectivity index (χ4v) is 3.73. The number of fused-ring (bicyclic) bond motifs is 2. The van der Waals surface area contributed by atoms with Gasteiger partial charge in [-0.1, -0.05) is 6.07 Å². The molecule has 0 radical (unpaired) electrons. The molecule has 2 aliphatic rings. The fourth-order valence-electron chi connectivity index (χ4n) is 3.73. The Morgan fingerprint density at radius 3 is 3.08 bits per heavy atom. The monoisotopic (exact) mass is 332 g/mol. The van der Waals surface area contributed by atoms with Gasteiger partial charge in [-0.15, -0.1) is 0 Å². The highest BCUT2D eigenvalue weighted by Gasteiger charge is 2.51. The van der Waals surface area contributed by atoms with Gasteiger partial charge in [0.15, 0.2) is 5.43 Å². The SMILES string of the molecule is O=C(c1cc(=O)c2cccc(F)c2[nH]1)N1C[C@H]2COC[C@@]2(CO)C1. The lowest BCUT2D eigenvalue weighted by atomic mass is 9.82. The van der Waals surface area contributed by atoms with E-state index in [1.54, 1.807) is 4.90 Å². The van der Waals surface area contributed by atoms with E-state index in [1.165, 1.54) is 24.3 Å². The van der Waals surface area contributed by atoms with Gasteiger partial charge in [-0.3, -0.25) is 9.59 Å². The largest absolute Gasteiger partial charge is 0.396 e. The van der Waals surface area contributed by atoms with Crippen LogP contribution in [0.25, 0.3) is 10.9 Å². The van der Waals surface area contributed by atoms with Gasteiger partial charge < -0.3 is 19.7 Å². The molecule has 7 heteroatoms. The predicted octanol–water partition coefficient (Wildman–Crippen LogP) is 0.748. The Labute approximate surface area is 136 Å². The molecule has 1 aromatic heterocycles. The predicted molar refractivity (Wildman–Crippen MR) is 84.3 cm³/mol. The third-order valence-corrected chi connectivity index (χ3v) is 5.17. The number of likely N-dealkylation sites (tertiary alicyclic amines) is 1. The zero-order chi connectivity index (χ0) is 16.9. The molecule has 126 valence electrons. The number of hydrogen-bond donors (Lipinski definition) is 2. The number of pyridine rings is 1. The smallest absolute Gasteiger partial charge is 0.270 e. The zero-order valence-electron chi connectivity index (χ0n) is 12.9. The number of aliphatic hydroxyl groups excluding tert-OH is 1. The molecule has 0 unspecified atom stereocenters. The number of halogens is 1. The van der Waals surface area contributed by atoms with Crippen molar-refractivity contribution in [3.8, 4) is 0 Å². The molecular weight excluding hydrogens is 315 g/mol. The number of benzene rings is 1. The zero-order valence-corrected chi connectivity index (χ0v) is 12.9.